The third kappa shape index (κ3) is 3.54. The highest BCUT2D eigenvalue weighted by atomic mass is 79.9. The molecule has 0 aliphatic carbocycles. The second-order valence-corrected chi connectivity index (χ2v) is 7.34. The Morgan fingerprint density at radius 1 is 0.759 bits per heavy atom. The molecule has 2 amide bonds. The van der Waals surface area contributed by atoms with E-state index in [4.69, 9.17) is 0 Å². The van der Waals surface area contributed by atoms with Crippen LogP contribution in [0.4, 0.5) is 0 Å². The van der Waals surface area contributed by atoms with Crippen molar-refractivity contribution in [1.29, 1.82) is 0 Å². The average molecular weight is 447 g/mol. The molecular formula is C23H15BrN2O3. The van der Waals surface area contributed by atoms with Gasteiger partial charge < -0.3 is 0 Å². The van der Waals surface area contributed by atoms with Crippen LogP contribution in [0.1, 0.15) is 41.5 Å². The van der Waals surface area contributed by atoms with Crippen LogP contribution in [0.2, 0.25) is 0 Å². The first-order valence-corrected chi connectivity index (χ1v) is 9.84. The SMILES string of the molecule is O=C(/C(=N\N1C(=O)c2ccccc2C1=O)C(Br)c1ccccc1)c1ccccc1. The van der Waals surface area contributed by atoms with Crippen molar-refractivity contribution in [1.82, 2.24) is 5.01 Å². The standard InChI is InChI=1S/C23H15BrN2O3/c24-19(15-9-3-1-4-10-15)20(21(27)16-11-5-2-6-12-16)25-26-22(28)17-13-7-8-14-18(17)23(26)29/h1-14,19H/b25-20-. The van der Waals surface area contributed by atoms with E-state index in [1.807, 2.05) is 30.3 Å². The Bertz CT molecular complexity index is 1090. The summed E-state index contributed by atoms with van der Waals surface area (Å²) in [7, 11) is 0. The van der Waals surface area contributed by atoms with Crippen molar-refractivity contribution in [2.45, 2.75) is 4.83 Å². The van der Waals surface area contributed by atoms with Gasteiger partial charge in [0.15, 0.2) is 0 Å². The molecule has 29 heavy (non-hydrogen) atoms. The molecule has 1 heterocycles. The van der Waals surface area contributed by atoms with Crippen LogP contribution in [-0.4, -0.2) is 28.3 Å². The lowest BCUT2D eigenvalue weighted by atomic mass is 10.0. The van der Waals surface area contributed by atoms with E-state index >= 15 is 0 Å². The highest BCUT2D eigenvalue weighted by molar-refractivity contribution is 9.09. The number of Topliss-reactive ketones (excluding diaryl/α,β-unsaturated/α-hetero) is 1. The monoisotopic (exact) mass is 446 g/mol. The molecule has 0 bridgehead atoms. The van der Waals surface area contributed by atoms with E-state index in [-0.39, 0.29) is 22.6 Å². The Morgan fingerprint density at radius 2 is 1.24 bits per heavy atom. The van der Waals surface area contributed by atoms with Crippen molar-refractivity contribution in [3.8, 4) is 0 Å². The van der Waals surface area contributed by atoms with E-state index in [0.29, 0.717) is 5.56 Å². The molecule has 5 nitrogen and oxygen atoms in total. The number of carbonyl (C=O) groups excluding carboxylic acids is 3. The van der Waals surface area contributed by atoms with Crippen LogP contribution in [0.3, 0.4) is 0 Å². The number of nitrogens with zero attached hydrogens (tertiary/aromatic N) is 2. The van der Waals surface area contributed by atoms with Crippen LogP contribution < -0.4 is 0 Å². The highest BCUT2D eigenvalue weighted by Gasteiger charge is 2.37. The van der Waals surface area contributed by atoms with E-state index in [1.165, 1.54) is 0 Å². The number of ketones is 1. The summed E-state index contributed by atoms with van der Waals surface area (Å²) in [5.41, 5.74) is 1.81. The van der Waals surface area contributed by atoms with E-state index in [2.05, 4.69) is 21.0 Å². The van der Waals surface area contributed by atoms with Crippen molar-refractivity contribution in [3.05, 3.63) is 107 Å². The number of fused-ring (bicyclic) bond motifs is 1. The van der Waals surface area contributed by atoms with Gasteiger partial charge in [-0.1, -0.05) is 88.7 Å². The number of benzene rings is 3. The lowest BCUT2D eigenvalue weighted by Crippen LogP contribution is -2.30. The summed E-state index contributed by atoms with van der Waals surface area (Å²) in [5, 5.41) is 5.04. The summed E-state index contributed by atoms with van der Waals surface area (Å²) >= 11 is 3.53. The fraction of sp³-hybridized carbons (Fsp3) is 0.0435. The van der Waals surface area contributed by atoms with Gasteiger partial charge in [-0.05, 0) is 17.7 Å². The molecule has 1 aliphatic heterocycles. The predicted octanol–water partition coefficient (Wildman–Crippen LogP) is 4.66. The lowest BCUT2D eigenvalue weighted by Gasteiger charge is -2.16. The normalized spacial score (nSPS) is 14.7. The van der Waals surface area contributed by atoms with E-state index in [0.717, 1.165) is 10.6 Å². The first kappa shape index (κ1) is 19.0. The maximum absolute atomic E-state index is 13.2. The zero-order valence-corrected chi connectivity index (χ0v) is 16.7. The molecule has 0 saturated heterocycles. The molecule has 1 aliphatic rings. The zero-order chi connectivity index (χ0) is 20.4. The third-order valence-electron chi connectivity index (χ3n) is 4.58. The molecule has 0 fully saturated rings. The first-order chi connectivity index (χ1) is 14.1. The van der Waals surface area contributed by atoms with Crippen LogP contribution in [0.5, 0.6) is 0 Å². The van der Waals surface area contributed by atoms with Gasteiger partial charge in [-0.2, -0.15) is 10.1 Å². The predicted molar refractivity (Wildman–Crippen MR) is 113 cm³/mol. The van der Waals surface area contributed by atoms with E-state index in [1.54, 1.807) is 54.6 Å². The van der Waals surface area contributed by atoms with Gasteiger partial charge >= 0.3 is 0 Å². The first-order valence-electron chi connectivity index (χ1n) is 8.93. The summed E-state index contributed by atoms with van der Waals surface area (Å²) in [6.45, 7) is 0. The maximum atomic E-state index is 13.2. The number of imide groups is 1. The summed E-state index contributed by atoms with van der Waals surface area (Å²) in [6.07, 6.45) is 0. The van der Waals surface area contributed by atoms with Crippen molar-refractivity contribution in [2.24, 2.45) is 5.10 Å². The van der Waals surface area contributed by atoms with Crippen LogP contribution in [0.15, 0.2) is 90.0 Å². The molecule has 1 atom stereocenters. The number of hydrazone groups is 1. The Balaban J connectivity index is 1.80. The second kappa shape index (κ2) is 7.93. The Labute approximate surface area is 175 Å². The number of alkyl halides is 1. The van der Waals surface area contributed by atoms with Crippen LogP contribution in [0.25, 0.3) is 0 Å². The molecule has 0 N–H and O–H groups in total. The van der Waals surface area contributed by atoms with Crippen LogP contribution in [-0.2, 0) is 0 Å². The van der Waals surface area contributed by atoms with Gasteiger partial charge in [-0.15, -0.1) is 0 Å². The minimum Gasteiger partial charge on any atom is -0.287 e. The molecule has 6 heteroatoms. The molecule has 0 radical (unpaired) electrons. The minimum atomic E-state index is -0.597. The minimum absolute atomic E-state index is 0.0527. The molecule has 3 aromatic carbocycles. The molecule has 3 aromatic rings. The van der Waals surface area contributed by atoms with Gasteiger partial charge in [0.25, 0.3) is 11.8 Å². The summed E-state index contributed by atoms with van der Waals surface area (Å²) in [6, 6.07) is 24.4. The van der Waals surface area contributed by atoms with Crippen LogP contribution in [0, 0.1) is 0 Å². The Morgan fingerprint density at radius 3 is 1.79 bits per heavy atom. The van der Waals surface area contributed by atoms with Gasteiger partial charge in [0.2, 0.25) is 5.78 Å². The second-order valence-electron chi connectivity index (χ2n) is 6.42. The summed E-state index contributed by atoms with van der Waals surface area (Å²) < 4.78 is 0. The Kier molecular flexibility index (Phi) is 5.18. The van der Waals surface area contributed by atoms with Gasteiger partial charge in [-0.3, -0.25) is 14.4 Å². The Hall–Kier alpha value is -3.38. The largest absolute Gasteiger partial charge is 0.287 e. The molecule has 1 unspecified atom stereocenters. The van der Waals surface area contributed by atoms with Gasteiger partial charge in [-0.25, -0.2) is 0 Å². The average Bonchev–Trinajstić information content (AvgIpc) is 3.02. The molecule has 0 aromatic heterocycles. The number of amides is 2. The molecular weight excluding hydrogens is 432 g/mol. The van der Waals surface area contributed by atoms with Crippen molar-refractivity contribution in [2.75, 3.05) is 0 Å². The van der Waals surface area contributed by atoms with Gasteiger partial charge in [0.05, 0.1) is 16.0 Å². The number of halogens is 1. The number of rotatable bonds is 5. The van der Waals surface area contributed by atoms with E-state index in [9.17, 15) is 14.4 Å². The third-order valence-corrected chi connectivity index (χ3v) is 5.54. The maximum Gasteiger partial charge on any atom is 0.282 e. The van der Waals surface area contributed by atoms with Gasteiger partial charge in [0.1, 0.15) is 5.71 Å². The van der Waals surface area contributed by atoms with Crippen molar-refractivity contribution < 1.29 is 14.4 Å². The quantitative estimate of drug-likeness (QED) is 0.247. The highest BCUT2D eigenvalue weighted by Crippen LogP contribution is 2.29. The smallest absolute Gasteiger partial charge is 0.282 e. The number of hydrogen-bond donors (Lipinski definition) is 0. The molecule has 0 saturated carbocycles. The summed E-state index contributed by atoms with van der Waals surface area (Å²) in [5.74, 6) is -1.46. The molecule has 142 valence electrons. The number of hydrogen-bond acceptors (Lipinski definition) is 4. The number of carbonyl (C=O) groups is 3. The fourth-order valence-electron chi connectivity index (χ4n) is 3.10. The van der Waals surface area contributed by atoms with Crippen molar-refractivity contribution >= 4 is 39.2 Å². The fourth-order valence-corrected chi connectivity index (χ4v) is 3.71. The topological polar surface area (TPSA) is 66.8 Å². The zero-order valence-electron chi connectivity index (χ0n) is 15.2. The molecule has 4 rings (SSSR count). The van der Waals surface area contributed by atoms with Crippen molar-refractivity contribution in [3.63, 3.8) is 0 Å². The summed E-state index contributed by atoms with van der Waals surface area (Å²) in [4.78, 5) is 38.1. The lowest BCUT2D eigenvalue weighted by molar-refractivity contribution is 0.0658. The van der Waals surface area contributed by atoms with Crippen LogP contribution >= 0.6 is 15.9 Å². The van der Waals surface area contributed by atoms with Gasteiger partial charge in [0, 0.05) is 5.56 Å². The van der Waals surface area contributed by atoms with E-state index < -0.39 is 16.6 Å². The molecule has 0 spiro atoms.